The zero-order valence-electron chi connectivity index (χ0n) is 12.1. The first kappa shape index (κ1) is 15.0. The van der Waals surface area contributed by atoms with Crippen molar-refractivity contribution < 1.29 is 0 Å². The van der Waals surface area contributed by atoms with E-state index in [1.54, 1.807) is 0 Å². The molecule has 1 aromatic rings. The van der Waals surface area contributed by atoms with Crippen LogP contribution in [0.1, 0.15) is 44.7 Å². The first-order valence-corrected chi connectivity index (χ1v) is 8.06. The van der Waals surface area contributed by atoms with Gasteiger partial charge in [-0.3, -0.25) is 4.90 Å². The third-order valence-corrected chi connectivity index (χ3v) is 4.95. The lowest BCUT2D eigenvalue weighted by molar-refractivity contribution is 0.143. The van der Waals surface area contributed by atoms with Gasteiger partial charge in [-0.1, -0.05) is 35.0 Å². The van der Waals surface area contributed by atoms with Gasteiger partial charge in [-0.25, -0.2) is 0 Å². The predicted molar refractivity (Wildman–Crippen MR) is 85.1 cm³/mol. The average molecular weight is 325 g/mol. The Morgan fingerprint density at radius 3 is 2.63 bits per heavy atom. The van der Waals surface area contributed by atoms with Crippen molar-refractivity contribution in [1.82, 2.24) is 4.90 Å². The van der Waals surface area contributed by atoms with E-state index in [2.05, 4.69) is 66.0 Å². The molecule has 0 heterocycles. The van der Waals surface area contributed by atoms with E-state index in [4.69, 9.17) is 5.73 Å². The number of benzene rings is 1. The number of hydrogen-bond acceptors (Lipinski definition) is 2. The third kappa shape index (κ3) is 3.59. The molecule has 2 N–H and O–H groups in total. The van der Waals surface area contributed by atoms with Crippen LogP contribution in [0.4, 0.5) is 0 Å². The maximum Gasteiger partial charge on any atom is 0.0499 e. The van der Waals surface area contributed by atoms with Crippen molar-refractivity contribution in [1.29, 1.82) is 0 Å². The van der Waals surface area contributed by atoms with Crippen molar-refractivity contribution in [2.24, 2.45) is 11.7 Å². The van der Waals surface area contributed by atoms with Gasteiger partial charge < -0.3 is 5.73 Å². The molecule has 2 rings (SSSR count). The van der Waals surface area contributed by atoms with Gasteiger partial charge in [0, 0.05) is 22.6 Å². The van der Waals surface area contributed by atoms with Crippen LogP contribution in [0.5, 0.6) is 0 Å². The molecular formula is C16H25BrN2. The van der Waals surface area contributed by atoms with Crippen molar-refractivity contribution in [3.05, 3.63) is 34.3 Å². The van der Waals surface area contributed by atoms with Gasteiger partial charge in [0.2, 0.25) is 0 Å². The molecule has 1 aromatic carbocycles. The van der Waals surface area contributed by atoms with Gasteiger partial charge in [0.15, 0.2) is 0 Å². The van der Waals surface area contributed by atoms with Gasteiger partial charge in [-0.05, 0) is 56.8 Å². The second-order valence-corrected chi connectivity index (χ2v) is 6.73. The van der Waals surface area contributed by atoms with Crippen molar-refractivity contribution in [2.75, 3.05) is 7.05 Å². The van der Waals surface area contributed by atoms with Gasteiger partial charge in [0.25, 0.3) is 0 Å². The Hall–Kier alpha value is -0.380. The van der Waals surface area contributed by atoms with Crippen LogP contribution in [0.15, 0.2) is 28.7 Å². The van der Waals surface area contributed by atoms with E-state index in [0.29, 0.717) is 12.1 Å². The summed E-state index contributed by atoms with van der Waals surface area (Å²) >= 11 is 3.57. The fraction of sp³-hybridized carbons (Fsp3) is 0.625. The average Bonchev–Trinajstić information content (AvgIpc) is 3.22. The normalized spacial score (nSPS) is 20.3. The maximum atomic E-state index is 6.40. The Balaban J connectivity index is 2.24. The highest BCUT2D eigenvalue weighted by atomic mass is 79.9. The van der Waals surface area contributed by atoms with Gasteiger partial charge in [0.05, 0.1) is 0 Å². The van der Waals surface area contributed by atoms with Crippen LogP contribution in [0.25, 0.3) is 0 Å². The maximum absolute atomic E-state index is 6.40. The fourth-order valence-electron chi connectivity index (χ4n) is 2.86. The van der Waals surface area contributed by atoms with E-state index in [-0.39, 0.29) is 6.04 Å². The Bertz CT molecular complexity index is 417. The lowest BCUT2D eigenvalue weighted by Crippen LogP contribution is -2.43. The van der Waals surface area contributed by atoms with Crippen molar-refractivity contribution in [3.63, 3.8) is 0 Å². The monoisotopic (exact) mass is 324 g/mol. The molecule has 0 bridgehead atoms. The SMILES string of the molecule is CCC(N)C(c1cccc(Br)c1)N(C)C(C)C1CC1. The predicted octanol–water partition coefficient (Wildman–Crippen LogP) is 3.96. The van der Waals surface area contributed by atoms with Gasteiger partial charge in [-0.15, -0.1) is 0 Å². The van der Waals surface area contributed by atoms with Crippen LogP contribution in [0.2, 0.25) is 0 Å². The molecule has 106 valence electrons. The van der Waals surface area contributed by atoms with Crippen molar-refractivity contribution in [2.45, 2.75) is 51.2 Å². The fourth-order valence-corrected chi connectivity index (χ4v) is 3.28. The number of halogens is 1. The highest BCUT2D eigenvalue weighted by Crippen LogP contribution is 2.38. The molecule has 3 heteroatoms. The third-order valence-electron chi connectivity index (χ3n) is 4.45. The lowest BCUT2D eigenvalue weighted by atomic mass is 9.95. The van der Waals surface area contributed by atoms with Crippen LogP contribution < -0.4 is 5.73 Å². The first-order chi connectivity index (χ1) is 9.04. The van der Waals surface area contributed by atoms with E-state index in [1.807, 2.05) is 0 Å². The first-order valence-electron chi connectivity index (χ1n) is 7.27. The summed E-state index contributed by atoms with van der Waals surface area (Å²) in [5.74, 6) is 0.865. The second kappa shape index (κ2) is 6.38. The highest BCUT2D eigenvalue weighted by molar-refractivity contribution is 9.10. The molecule has 1 fully saturated rings. The molecule has 2 nitrogen and oxygen atoms in total. The molecule has 0 radical (unpaired) electrons. The van der Waals surface area contributed by atoms with Crippen LogP contribution in [0.3, 0.4) is 0 Å². The summed E-state index contributed by atoms with van der Waals surface area (Å²) in [4.78, 5) is 2.48. The Kier molecular flexibility index (Phi) is 5.04. The minimum absolute atomic E-state index is 0.181. The Morgan fingerprint density at radius 1 is 1.42 bits per heavy atom. The van der Waals surface area contributed by atoms with E-state index < -0.39 is 0 Å². The van der Waals surface area contributed by atoms with E-state index in [9.17, 15) is 0 Å². The molecule has 0 spiro atoms. The summed E-state index contributed by atoms with van der Waals surface area (Å²) in [6.07, 6.45) is 3.75. The zero-order chi connectivity index (χ0) is 14.0. The Morgan fingerprint density at radius 2 is 2.11 bits per heavy atom. The highest BCUT2D eigenvalue weighted by Gasteiger charge is 2.35. The molecule has 1 aliphatic rings. The van der Waals surface area contributed by atoms with E-state index >= 15 is 0 Å². The molecule has 0 saturated heterocycles. The van der Waals surface area contributed by atoms with Crippen molar-refractivity contribution >= 4 is 15.9 Å². The minimum atomic E-state index is 0.181. The topological polar surface area (TPSA) is 29.3 Å². The summed E-state index contributed by atoms with van der Waals surface area (Å²) in [6, 6.07) is 9.67. The quantitative estimate of drug-likeness (QED) is 0.858. The molecular weight excluding hydrogens is 300 g/mol. The van der Waals surface area contributed by atoms with Gasteiger partial charge in [-0.2, -0.15) is 0 Å². The molecule has 1 aliphatic carbocycles. The van der Waals surface area contributed by atoms with Gasteiger partial charge >= 0.3 is 0 Å². The Labute approximate surface area is 125 Å². The lowest BCUT2D eigenvalue weighted by Gasteiger charge is -2.37. The smallest absolute Gasteiger partial charge is 0.0499 e. The summed E-state index contributed by atoms with van der Waals surface area (Å²) in [5, 5.41) is 0. The number of hydrogen-bond donors (Lipinski definition) is 1. The van der Waals surface area contributed by atoms with Crippen LogP contribution in [-0.4, -0.2) is 24.0 Å². The second-order valence-electron chi connectivity index (χ2n) is 5.82. The molecule has 0 aromatic heterocycles. The van der Waals surface area contributed by atoms with Gasteiger partial charge in [0.1, 0.15) is 0 Å². The zero-order valence-corrected chi connectivity index (χ0v) is 13.7. The largest absolute Gasteiger partial charge is 0.326 e. The molecule has 3 atom stereocenters. The molecule has 19 heavy (non-hydrogen) atoms. The van der Waals surface area contributed by atoms with Crippen molar-refractivity contribution in [3.8, 4) is 0 Å². The number of nitrogens with zero attached hydrogens (tertiary/aromatic N) is 1. The number of likely N-dealkylation sites (N-methyl/N-ethyl adjacent to an activating group) is 1. The summed E-state index contributed by atoms with van der Waals surface area (Å²) < 4.78 is 1.13. The van der Waals surface area contributed by atoms with E-state index in [0.717, 1.165) is 16.8 Å². The molecule has 0 amide bonds. The number of rotatable bonds is 6. The van der Waals surface area contributed by atoms with Crippen LogP contribution in [0, 0.1) is 5.92 Å². The standard InChI is InChI=1S/C16H25BrN2/c1-4-15(18)16(13-6-5-7-14(17)10-13)19(3)11(2)12-8-9-12/h5-7,10-12,15-16H,4,8-9,18H2,1-3H3. The molecule has 0 aliphatic heterocycles. The van der Waals surface area contributed by atoms with Crippen LogP contribution >= 0.6 is 15.9 Å². The summed E-state index contributed by atoms with van der Waals surface area (Å²) in [5.41, 5.74) is 7.72. The number of nitrogens with two attached hydrogens (primary N) is 1. The molecule has 3 unspecified atom stereocenters. The summed E-state index contributed by atoms with van der Waals surface area (Å²) in [7, 11) is 2.23. The van der Waals surface area contributed by atoms with E-state index in [1.165, 1.54) is 18.4 Å². The minimum Gasteiger partial charge on any atom is -0.326 e. The van der Waals surface area contributed by atoms with Crippen LogP contribution in [-0.2, 0) is 0 Å². The molecule has 1 saturated carbocycles. The summed E-state index contributed by atoms with van der Waals surface area (Å²) in [6.45, 7) is 4.51.